The molecule has 4 aromatic rings. The average molecular weight is 514 g/mol. The molecule has 0 spiro atoms. The molecule has 3 unspecified atom stereocenters. The van der Waals surface area contributed by atoms with Gasteiger partial charge in [-0.15, -0.1) is 10.2 Å². The lowest BCUT2D eigenvalue weighted by Crippen LogP contribution is -2.39. The van der Waals surface area contributed by atoms with E-state index >= 15 is 0 Å². The predicted octanol–water partition coefficient (Wildman–Crippen LogP) is 4.85. The van der Waals surface area contributed by atoms with E-state index in [0.717, 1.165) is 66.6 Å². The van der Waals surface area contributed by atoms with Crippen LogP contribution in [-0.2, 0) is 17.8 Å². The molecule has 5 rings (SSSR count). The Hall–Kier alpha value is -3.88. The summed E-state index contributed by atoms with van der Waals surface area (Å²) in [6.45, 7) is 6.38. The molecular weight excluding hydrogens is 478 g/mol. The van der Waals surface area contributed by atoms with Crippen LogP contribution in [0.25, 0.3) is 22.5 Å². The van der Waals surface area contributed by atoms with Crippen molar-refractivity contribution in [1.82, 2.24) is 34.7 Å². The van der Waals surface area contributed by atoms with Crippen molar-refractivity contribution in [3.05, 3.63) is 70.7 Å². The number of benzene rings is 1. The summed E-state index contributed by atoms with van der Waals surface area (Å²) in [6, 6.07) is 11.8. The van der Waals surface area contributed by atoms with Gasteiger partial charge in [0.15, 0.2) is 0 Å². The molecule has 0 bridgehead atoms. The third-order valence-corrected chi connectivity index (χ3v) is 7.86. The summed E-state index contributed by atoms with van der Waals surface area (Å²) in [4.78, 5) is 31.0. The van der Waals surface area contributed by atoms with Gasteiger partial charge in [-0.05, 0) is 55.4 Å². The average Bonchev–Trinajstić information content (AvgIpc) is 3.57. The Morgan fingerprint density at radius 1 is 1.13 bits per heavy atom. The van der Waals surface area contributed by atoms with Crippen molar-refractivity contribution in [3.63, 3.8) is 0 Å². The zero-order valence-electron chi connectivity index (χ0n) is 22.3. The zero-order chi connectivity index (χ0) is 26.6. The van der Waals surface area contributed by atoms with E-state index in [-0.39, 0.29) is 29.4 Å². The Labute approximate surface area is 222 Å². The van der Waals surface area contributed by atoms with Crippen molar-refractivity contribution in [2.24, 2.45) is 11.8 Å². The lowest BCUT2D eigenvalue weighted by Gasteiger charge is -2.35. The van der Waals surface area contributed by atoms with E-state index in [1.54, 1.807) is 6.92 Å². The van der Waals surface area contributed by atoms with E-state index in [2.05, 4.69) is 34.5 Å². The first kappa shape index (κ1) is 25.8. The number of nitrogens with one attached hydrogen (secondary N) is 1. The zero-order valence-corrected chi connectivity index (χ0v) is 22.3. The number of ketones is 1. The van der Waals surface area contributed by atoms with Crippen molar-refractivity contribution in [3.8, 4) is 22.5 Å². The molecule has 9 heteroatoms. The van der Waals surface area contributed by atoms with Gasteiger partial charge < -0.3 is 0 Å². The van der Waals surface area contributed by atoms with E-state index in [0.29, 0.717) is 12.4 Å². The predicted molar refractivity (Wildman–Crippen MR) is 145 cm³/mol. The number of H-pyrrole nitrogens is 1. The number of aromatic amines is 1. The largest absolute Gasteiger partial charge is 0.328 e. The minimum Gasteiger partial charge on any atom is -0.300 e. The fourth-order valence-electron chi connectivity index (χ4n) is 5.84. The van der Waals surface area contributed by atoms with Crippen LogP contribution in [-0.4, -0.2) is 40.5 Å². The Morgan fingerprint density at radius 3 is 2.63 bits per heavy atom. The van der Waals surface area contributed by atoms with Gasteiger partial charge in [-0.25, -0.2) is 4.79 Å². The van der Waals surface area contributed by atoms with E-state index in [4.69, 9.17) is 4.98 Å². The van der Waals surface area contributed by atoms with Crippen molar-refractivity contribution in [2.45, 2.75) is 71.9 Å². The second-order valence-electron chi connectivity index (χ2n) is 10.4. The number of unbranched alkanes of at least 4 members (excludes halogenated alkanes) is 1. The summed E-state index contributed by atoms with van der Waals surface area (Å²) in [5.41, 5.74) is 4.53. The van der Waals surface area contributed by atoms with Gasteiger partial charge in [-0.1, -0.05) is 57.0 Å². The second kappa shape index (κ2) is 11.2. The molecule has 9 nitrogen and oxygen atoms in total. The van der Waals surface area contributed by atoms with Gasteiger partial charge in [0, 0.05) is 35.1 Å². The molecule has 3 atom stereocenters. The summed E-state index contributed by atoms with van der Waals surface area (Å²) in [5.74, 6) is 0.874. The molecular formula is C29H35N7O2. The molecule has 0 amide bonds. The number of aromatic nitrogens is 7. The molecule has 0 saturated heterocycles. The number of pyridine rings is 1. The normalized spacial score (nSPS) is 19.5. The maximum atomic E-state index is 13.8. The lowest BCUT2D eigenvalue weighted by atomic mass is 9.76. The van der Waals surface area contributed by atoms with Crippen molar-refractivity contribution < 1.29 is 4.79 Å². The number of imidazole rings is 1. The number of nitrogens with zero attached hydrogens (tertiary/aromatic N) is 6. The number of Topliss-reactive ketones (excluding diaryl/α,β-unsaturated/α-hetero) is 1. The minimum absolute atomic E-state index is 0.0468. The van der Waals surface area contributed by atoms with Crippen LogP contribution in [0.15, 0.2) is 53.6 Å². The standard InChI is InChI=1S/C29H35N7O2/c1-4-5-10-23-18-36(27-19(2)9-8-13-24(27)20(3)37)29(38)35(23)17-22-15-14-21(16-30-22)25-11-6-7-12-26(25)28-31-33-34-32-28/h6-7,11-12,14-16,18-19,24,27H,4-5,8-10,13,17H2,1-3H3,(H,31,32,33,34). The number of hydrogen-bond acceptors (Lipinski definition) is 6. The van der Waals surface area contributed by atoms with Gasteiger partial charge in [-0.3, -0.25) is 18.9 Å². The third-order valence-electron chi connectivity index (χ3n) is 7.86. The van der Waals surface area contributed by atoms with Crippen LogP contribution in [0, 0.1) is 11.8 Å². The third kappa shape index (κ3) is 5.10. The number of tetrazole rings is 1. The van der Waals surface area contributed by atoms with Crippen LogP contribution in [0.1, 0.15) is 70.3 Å². The molecule has 1 aliphatic rings. The van der Waals surface area contributed by atoms with E-state index < -0.39 is 0 Å². The summed E-state index contributed by atoms with van der Waals surface area (Å²) < 4.78 is 3.71. The SMILES string of the molecule is CCCCc1cn(C2C(C)CCCC2C(C)=O)c(=O)n1Cc1ccc(-c2ccccc2-c2nn[nH]n2)cn1. The van der Waals surface area contributed by atoms with E-state index in [1.807, 2.05) is 57.9 Å². The quantitative estimate of drug-likeness (QED) is 0.342. The van der Waals surface area contributed by atoms with Crippen LogP contribution >= 0.6 is 0 Å². The Bertz CT molecular complexity index is 1440. The lowest BCUT2D eigenvalue weighted by molar-refractivity contribution is -0.123. The molecule has 0 radical (unpaired) electrons. The highest BCUT2D eigenvalue weighted by Gasteiger charge is 2.36. The molecule has 1 aliphatic carbocycles. The van der Waals surface area contributed by atoms with Crippen molar-refractivity contribution >= 4 is 5.78 Å². The molecule has 3 heterocycles. The second-order valence-corrected chi connectivity index (χ2v) is 10.4. The first-order valence-electron chi connectivity index (χ1n) is 13.6. The minimum atomic E-state index is -0.108. The molecule has 0 aliphatic heterocycles. The van der Waals surface area contributed by atoms with Gasteiger partial charge in [0.25, 0.3) is 0 Å². The number of carbonyl (C=O) groups excluding carboxylic acids is 1. The molecule has 3 aromatic heterocycles. The Morgan fingerprint density at radius 2 is 1.95 bits per heavy atom. The van der Waals surface area contributed by atoms with Gasteiger partial charge in [0.05, 0.1) is 18.3 Å². The van der Waals surface area contributed by atoms with Gasteiger partial charge >= 0.3 is 5.69 Å². The fourth-order valence-corrected chi connectivity index (χ4v) is 5.84. The van der Waals surface area contributed by atoms with Crippen LogP contribution in [0.2, 0.25) is 0 Å². The number of carbonyl (C=O) groups is 1. The summed E-state index contributed by atoms with van der Waals surface area (Å²) in [5, 5.41) is 14.4. The molecule has 38 heavy (non-hydrogen) atoms. The number of hydrogen-bond donors (Lipinski definition) is 1. The molecule has 1 saturated carbocycles. The van der Waals surface area contributed by atoms with Crippen LogP contribution < -0.4 is 5.69 Å². The highest BCUT2D eigenvalue weighted by Crippen LogP contribution is 2.38. The maximum absolute atomic E-state index is 13.8. The van der Waals surface area contributed by atoms with Crippen molar-refractivity contribution in [2.75, 3.05) is 0 Å². The summed E-state index contributed by atoms with van der Waals surface area (Å²) in [6.07, 6.45) is 9.62. The summed E-state index contributed by atoms with van der Waals surface area (Å²) in [7, 11) is 0. The fraction of sp³-hybridized carbons (Fsp3) is 0.448. The highest BCUT2D eigenvalue weighted by atomic mass is 16.2. The summed E-state index contributed by atoms with van der Waals surface area (Å²) >= 11 is 0. The van der Waals surface area contributed by atoms with Crippen LogP contribution in [0.3, 0.4) is 0 Å². The van der Waals surface area contributed by atoms with Crippen LogP contribution in [0.4, 0.5) is 0 Å². The monoisotopic (exact) mass is 513 g/mol. The molecule has 1 fully saturated rings. The first-order valence-corrected chi connectivity index (χ1v) is 13.6. The smallest absolute Gasteiger partial charge is 0.300 e. The van der Waals surface area contributed by atoms with Gasteiger partial charge in [0.1, 0.15) is 5.78 Å². The van der Waals surface area contributed by atoms with Gasteiger partial charge in [-0.2, -0.15) is 5.21 Å². The van der Waals surface area contributed by atoms with Gasteiger partial charge in [0.2, 0.25) is 5.82 Å². The maximum Gasteiger partial charge on any atom is 0.328 e. The molecule has 1 N–H and O–H groups in total. The molecule has 198 valence electrons. The van der Waals surface area contributed by atoms with E-state index in [9.17, 15) is 9.59 Å². The Balaban J connectivity index is 1.46. The number of aryl methyl sites for hydroxylation is 1. The number of rotatable bonds is 9. The first-order chi connectivity index (χ1) is 18.5. The molecule has 1 aromatic carbocycles. The van der Waals surface area contributed by atoms with E-state index in [1.165, 1.54) is 0 Å². The Kier molecular flexibility index (Phi) is 7.62. The highest BCUT2D eigenvalue weighted by molar-refractivity contribution is 5.80. The topological polar surface area (TPSA) is 111 Å². The van der Waals surface area contributed by atoms with Crippen LogP contribution in [0.5, 0.6) is 0 Å². The van der Waals surface area contributed by atoms with Crippen molar-refractivity contribution in [1.29, 1.82) is 0 Å².